The first-order valence-electron chi connectivity index (χ1n) is 12.1. The Labute approximate surface area is 249 Å². The van der Waals surface area contributed by atoms with Gasteiger partial charge in [-0.2, -0.15) is 0 Å². The van der Waals surface area contributed by atoms with Crippen LogP contribution in [0.1, 0.15) is 12.5 Å². The third-order valence-corrected chi connectivity index (χ3v) is 6.96. The summed E-state index contributed by atoms with van der Waals surface area (Å²) in [6.07, 6.45) is 0. The molecule has 4 nitrogen and oxygen atoms in total. The van der Waals surface area contributed by atoms with E-state index in [4.69, 9.17) is 0 Å². The van der Waals surface area contributed by atoms with E-state index in [9.17, 15) is 49.6 Å². The van der Waals surface area contributed by atoms with E-state index < -0.39 is 144 Å². The zero-order valence-corrected chi connectivity index (χ0v) is 22.2. The van der Waals surface area contributed by atoms with Crippen LogP contribution in [0, 0.1) is 87.3 Å². The lowest BCUT2D eigenvalue weighted by Crippen LogP contribution is -2.37. The Bertz CT molecular complexity index is 2110. The monoisotopic (exact) mass is 689 g/mol. The van der Waals surface area contributed by atoms with E-state index in [-0.39, 0.29) is 6.07 Å². The van der Waals surface area contributed by atoms with Gasteiger partial charge < -0.3 is 14.7 Å². The van der Waals surface area contributed by atoms with Crippen molar-refractivity contribution in [2.45, 2.75) is 12.6 Å². The molecule has 1 unspecified atom stereocenters. The molecule has 0 aromatic heterocycles. The molecule has 246 valence electrons. The van der Waals surface area contributed by atoms with Gasteiger partial charge in [0.15, 0.2) is 75.5 Å². The van der Waals surface area contributed by atoms with Gasteiger partial charge in [-0.05, 0) is 18.6 Å². The number of rotatable bonds is 5. The molecule has 5 rings (SSSR count). The second-order valence-electron chi connectivity index (χ2n) is 9.63. The molecule has 0 radical (unpaired) electrons. The summed E-state index contributed by atoms with van der Waals surface area (Å²) >= 11 is 0. The molecule has 4 aromatic carbocycles. The molecule has 0 amide bonds. The molecule has 0 saturated heterocycles. The summed E-state index contributed by atoms with van der Waals surface area (Å²) in [5.41, 5.74) is -15.0. The Kier molecular flexibility index (Phi) is 8.13. The maximum atomic E-state index is 15.4. The van der Waals surface area contributed by atoms with Gasteiger partial charge >= 0.3 is 7.32 Å². The Morgan fingerprint density at radius 2 is 0.830 bits per heavy atom. The molecule has 20 heteroatoms. The zero-order valence-electron chi connectivity index (χ0n) is 22.2. The first-order chi connectivity index (χ1) is 21.8. The Morgan fingerprint density at radius 1 is 0.489 bits per heavy atom. The van der Waals surface area contributed by atoms with Gasteiger partial charge in [0.1, 0.15) is 0 Å². The molecule has 0 bridgehead atoms. The number of benzene rings is 4. The molecule has 0 aliphatic carbocycles. The molecule has 0 spiro atoms. The lowest BCUT2D eigenvalue weighted by molar-refractivity contribution is 0.0863. The smallest absolute Gasteiger partial charge is 0.402 e. The standard InChI is InChI=1S/C27H7BF15NO3/c1-27(47-28(45)46)11(10-16(33)22(39)26(43)23(40)17(10)34)8-5(44-27)3-2-4(7-12(29)18(35)24(41)19(36)13(7)30)6(8)9-14(31)20(37)25(42)21(38)15(9)32/h2-3,45-46H,1H3. The molecule has 0 fully saturated rings. The van der Waals surface area contributed by atoms with Crippen molar-refractivity contribution < 1.29 is 80.6 Å². The fourth-order valence-electron chi connectivity index (χ4n) is 5.06. The Balaban J connectivity index is 2.21. The lowest BCUT2D eigenvalue weighted by Gasteiger charge is -2.27. The second-order valence-corrected chi connectivity index (χ2v) is 9.63. The molecule has 1 heterocycles. The maximum Gasteiger partial charge on any atom is 0.635 e. The van der Waals surface area contributed by atoms with Crippen molar-refractivity contribution in [1.82, 2.24) is 0 Å². The first kappa shape index (κ1) is 33.8. The Morgan fingerprint density at radius 3 is 1.21 bits per heavy atom. The summed E-state index contributed by atoms with van der Waals surface area (Å²) in [4.78, 5) is 3.63. The van der Waals surface area contributed by atoms with Gasteiger partial charge in [-0.15, -0.1) is 0 Å². The molecular weight excluding hydrogens is 682 g/mol. The lowest BCUT2D eigenvalue weighted by atomic mass is 9.86. The quantitative estimate of drug-likeness (QED) is 0.124. The minimum Gasteiger partial charge on any atom is -0.402 e. The van der Waals surface area contributed by atoms with Crippen LogP contribution in [-0.2, 0) is 4.65 Å². The molecule has 2 N–H and O–H groups in total. The maximum absolute atomic E-state index is 15.4. The third-order valence-electron chi connectivity index (χ3n) is 6.96. The molecular formula is C27H7BF15NO3. The molecule has 47 heavy (non-hydrogen) atoms. The van der Waals surface area contributed by atoms with Crippen LogP contribution in [0.3, 0.4) is 0 Å². The van der Waals surface area contributed by atoms with Crippen LogP contribution in [0.25, 0.3) is 27.8 Å². The van der Waals surface area contributed by atoms with E-state index in [2.05, 4.69) is 9.65 Å². The van der Waals surface area contributed by atoms with Crippen molar-refractivity contribution in [2.75, 3.05) is 0 Å². The van der Waals surface area contributed by atoms with Crippen molar-refractivity contribution in [3.63, 3.8) is 0 Å². The van der Waals surface area contributed by atoms with Gasteiger partial charge in [-0.3, -0.25) is 0 Å². The van der Waals surface area contributed by atoms with Crippen molar-refractivity contribution in [1.29, 1.82) is 0 Å². The fourth-order valence-corrected chi connectivity index (χ4v) is 5.06. The zero-order chi connectivity index (χ0) is 35.2. The molecule has 1 aliphatic heterocycles. The van der Waals surface area contributed by atoms with Crippen molar-refractivity contribution in [3.8, 4) is 22.3 Å². The number of halogens is 15. The van der Waals surface area contributed by atoms with Gasteiger partial charge in [0.25, 0.3) is 0 Å². The first-order valence-corrected chi connectivity index (χ1v) is 12.1. The van der Waals surface area contributed by atoms with Crippen LogP contribution < -0.4 is 10.6 Å². The van der Waals surface area contributed by atoms with E-state index in [1.807, 2.05) is 0 Å². The van der Waals surface area contributed by atoms with Crippen LogP contribution in [0.15, 0.2) is 17.1 Å². The molecule has 0 saturated carbocycles. The van der Waals surface area contributed by atoms with Crippen LogP contribution in [0.2, 0.25) is 0 Å². The second kappa shape index (κ2) is 11.3. The average molecular weight is 689 g/mol. The average Bonchev–Trinajstić information content (AvgIpc) is 3.30. The van der Waals surface area contributed by atoms with Gasteiger partial charge in [0.05, 0.1) is 22.0 Å². The number of fused-ring (bicyclic) bond motifs is 1. The summed E-state index contributed by atoms with van der Waals surface area (Å²) in [5, 5.41) is 16.3. The van der Waals surface area contributed by atoms with Crippen molar-refractivity contribution in [3.05, 3.63) is 116 Å². The minimum absolute atomic E-state index is 0.227. The fraction of sp³-hybridized carbons (Fsp3) is 0.0741. The normalized spacial score (nSPS) is 15.7. The van der Waals surface area contributed by atoms with Crippen LogP contribution >= 0.6 is 0 Å². The van der Waals surface area contributed by atoms with E-state index in [1.54, 1.807) is 0 Å². The third kappa shape index (κ3) is 4.76. The SMILES string of the molecule is CC1(OB(O)O)N=c2ccc(-c3c(F)c(F)c(F)c(F)c3F)c(-c3c(F)c(F)c(F)c(F)c3F)c2=C1c1c(F)c(F)c(F)c(F)c1F. The van der Waals surface area contributed by atoms with Crippen LogP contribution in [0.4, 0.5) is 65.9 Å². The molecule has 1 atom stereocenters. The largest absolute Gasteiger partial charge is 0.635 e. The van der Waals surface area contributed by atoms with Crippen LogP contribution in [-0.4, -0.2) is 23.1 Å². The van der Waals surface area contributed by atoms with Gasteiger partial charge in [-0.1, -0.05) is 6.07 Å². The highest BCUT2D eigenvalue weighted by molar-refractivity contribution is 6.33. The predicted octanol–water partition coefficient (Wildman–Crippen LogP) is 5.64. The highest BCUT2D eigenvalue weighted by Crippen LogP contribution is 2.43. The predicted molar refractivity (Wildman–Crippen MR) is 126 cm³/mol. The van der Waals surface area contributed by atoms with Crippen molar-refractivity contribution in [2.24, 2.45) is 4.99 Å². The topological polar surface area (TPSA) is 62.0 Å². The summed E-state index contributed by atoms with van der Waals surface area (Å²) < 4.78 is 224. The Hall–Kier alpha value is -4.56. The summed E-state index contributed by atoms with van der Waals surface area (Å²) in [6.45, 7) is 0.486. The van der Waals surface area contributed by atoms with E-state index in [1.165, 1.54) is 0 Å². The van der Waals surface area contributed by atoms with Gasteiger partial charge in [0.2, 0.25) is 17.5 Å². The summed E-state index contributed by atoms with van der Waals surface area (Å²) in [5.74, 6) is -41.9. The summed E-state index contributed by atoms with van der Waals surface area (Å²) in [7, 11) is -3.08. The minimum atomic E-state index is -3.18. The number of hydrogen-bond acceptors (Lipinski definition) is 4. The number of hydrogen-bond donors (Lipinski definition) is 2. The number of nitrogens with zero attached hydrogens (tertiary/aromatic N) is 1. The highest BCUT2D eigenvalue weighted by atomic mass is 19.2. The van der Waals surface area contributed by atoms with Gasteiger partial charge in [-0.25, -0.2) is 70.8 Å². The van der Waals surface area contributed by atoms with Crippen LogP contribution in [0.5, 0.6) is 0 Å². The van der Waals surface area contributed by atoms with Crippen molar-refractivity contribution >= 4 is 12.9 Å². The van der Waals surface area contributed by atoms with Gasteiger partial charge in [0, 0.05) is 16.4 Å². The van der Waals surface area contributed by atoms with E-state index in [0.717, 1.165) is 0 Å². The highest BCUT2D eigenvalue weighted by Gasteiger charge is 2.45. The van der Waals surface area contributed by atoms with E-state index >= 15 is 26.3 Å². The molecule has 1 aliphatic rings. The van der Waals surface area contributed by atoms with E-state index in [0.29, 0.717) is 13.0 Å². The summed E-state index contributed by atoms with van der Waals surface area (Å²) in [6, 6.07) is 0.647. The molecule has 4 aromatic rings.